The van der Waals surface area contributed by atoms with E-state index in [-0.39, 0.29) is 6.61 Å². The van der Waals surface area contributed by atoms with Crippen LogP contribution in [0.5, 0.6) is 0 Å². The van der Waals surface area contributed by atoms with E-state index in [0.29, 0.717) is 11.9 Å². The van der Waals surface area contributed by atoms with Crippen LogP contribution in [0.15, 0.2) is 6.33 Å². The van der Waals surface area contributed by atoms with Crippen molar-refractivity contribution >= 4 is 0 Å². The molecule has 1 aromatic heterocycles. The van der Waals surface area contributed by atoms with Crippen molar-refractivity contribution in [1.82, 2.24) is 20.1 Å². The molecule has 0 amide bonds. The standard InChI is InChI=1S/C8H14N4O/c13-5-8-11-10-6-12(8)7-2-1-3-9-4-7/h6-7,9,13H,1-5H2. The molecule has 1 atom stereocenters. The van der Waals surface area contributed by atoms with E-state index in [2.05, 4.69) is 15.5 Å². The molecule has 5 nitrogen and oxygen atoms in total. The van der Waals surface area contributed by atoms with Crippen LogP contribution in [0.4, 0.5) is 0 Å². The molecule has 1 unspecified atom stereocenters. The van der Waals surface area contributed by atoms with Gasteiger partial charge in [0.15, 0.2) is 5.82 Å². The van der Waals surface area contributed by atoms with E-state index < -0.39 is 0 Å². The summed E-state index contributed by atoms with van der Waals surface area (Å²) in [6.07, 6.45) is 4.01. The Morgan fingerprint density at radius 3 is 3.31 bits per heavy atom. The zero-order valence-electron chi connectivity index (χ0n) is 7.48. The number of hydrogen-bond donors (Lipinski definition) is 2. The Morgan fingerprint density at radius 1 is 1.69 bits per heavy atom. The molecule has 0 aliphatic carbocycles. The van der Waals surface area contributed by atoms with Gasteiger partial charge >= 0.3 is 0 Å². The summed E-state index contributed by atoms with van der Waals surface area (Å²) in [4.78, 5) is 0. The van der Waals surface area contributed by atoms with Crippen LogP contribution in [0, 0.1) is 0 Å². The second-order valence-electron chi connectivity index (χ2n) is 3.31. The highest BCUT2D eigenvalue weighted by Gasteiger charge is 2.17. The molecule has 1 saturated heterocycles. The Labute approximate surface area is 76.8 Å². The lowest BCUT2D eigenvalue weighted by atomic mass is 10.1. The molecule has 0 radical (unpaired) electrons. The minimum absolute atomic E-state index is 0.0312. The summed E-state index contributed by atoms with van der Waals surface area (Å²) in [6, 6.07) is 0.408. The topological polar surface area (TPSA) is 63.0 Å². The fourth-order valence-corrected chi connectivity index (χ4v) is 1.76. The van der Waals surface area contributed by atoms with E-state index in [4.69, 9.17) is 5.11 Å². The molecule has 1 fully saturated rings. The molecule has 5 heteroatoms. The summed E-state index contributed by atoms with van der Waals surface area (Å²) in [5.41, 5.74) is 0. The van der Waals surface area contributed by atoms with Gasteiger partial charge in [0.2, 0.25) is 0 Å². The van der Waals surface area contributed by atoms with Crippen LogP contribution in [0.25, 0.3) is 0 Å². The van der Waals surface area contributed by atoms with Gasteiger partial charge in [0.1, 0.15) is 12.9 Å². The van der Waals surface area contributed by atoms with E-state index in [9.17, 15) is 0 Å². The molecule has 2 N–H and O–H groups in total. The van der Waals surface area contributed by atoms with E-state index in [1.54, 1.807) is 6.33 Å². The monoisotopic (exact) mass is 182 g/mol. The van der Waals surface area contributed by atoms with E-state index in [0.717, 1.165) is 19.5 Å². The van der Waals surface area contributed by atoms with Gasteiger partial charge < -0.3 is 15.0 Å². The fourth-order valence-electron chi connectivity index (χ4n) is 1.76. The lowest BCUT2D eigenvalue weighted by Crippen LogP contribution is -2.32. The summed E-state index contributed by atoms with van der Waals surface area (Å²) in [6.45, 7) is 2.01. The molecule has 13 heavy (non-hydrogen) atoms. The van der Waals surface area contributed by atoms with Crippen LogP contribution in [0.1, 0.15) is 24.7 Å². The van der Waals surface area contributed by atoms with Gasteiger partial charge in [-0.3, -0.25) is 0 Å². The summed E-state index contributed by atoms with van der Waals surface area (Å²) in [7, 11) is 0. The average Bonchev–Trinajstić information content (AvgIpc) is 2.67. The van der Waals surface area contributed by atoms with Crippen molar-refractivity contribution in [3.05, 3.63) is 12.2 Å². The molecule has 72 valence electrons. The first-order valence-corrected chi connectivity index (χ1v) is 4.62. The van der Waals surface area contributed by atoms with Crippen LogP contribution >= 0.6 is 0 Å². The van der Waals surface area contributed by atoms with Gasteiger partial charge in [0.05, 0.1) is 0 Å². The third kappa shape index (κ3) is 1.71. The van der Waals surface area contributed by atoms with Crippen LogP contribution in [-0.4, -0.2) is 33.0 Å². The fraction of sp³-hybridized carbons (Fsp3) is 0.750. The molecule has 0 bridgehead atoms. The first-order valence-electron chi connectivity index (χ1n) is 4.62. The molecule has 2 rings (SSSR count). The smallest absolute Gasteiger partial charge is 0.158 e. The average molecular weight is 182 g/mol. The zero-order valence-corrected chi connectivity index (χ0v) is 7.48. The number of aliphatic hydroxyl groups excluding tert-OH is 1. The third-order valence-electron chi connectivity index (χ3n) is 2.45. The highest BCUT2D eigenvalue weighted by Crippen LogP contribution is 2.17. The highest BCUT2D eigenvalue weighted by molar-refractivity contribution is 4.89. The van der Waals surface area contributed by atoms with Gasteiger partial charge in [0.25, 0.3) is 0 Å². The van der Waals surface area contributed by atoms with Crippen molar-refractivity contribution in [2.24, 2.45) is 0 Å². The molecule has 0 saturated carbocycles. The van der Waals surface area contributed by atoms with Crippen LogP contribution in [0.2, 0.25) is 0 Å². The second-order valence-corrected chi connectivity index (χ2v) is 3.31. The largest absolute Gasteiger partial charge is 0.388 e. The predicted octanol–water partition coefficient (Wildman–Crippen LogP) is -0.305. The van der Waals surface area contributed by atoms with Crippen molar-refractivity contribution in [3.8, 4) is 0 Å². The first kappa shape index (κ1) is 8.65. The van der Waals surface area contributed by atoms with Crippen molar-refractivity contribution in [1.29, 1.82) is 0 Å². The quantitative estimate of drug-likeness (QED) is 0.659. The second kappa shape index (κ2) is 3.85. The molecule has 0 spiro atoms. The maximum absolute atomic E-state index is 8.99. The van der Waals surface area contributed by atoms with Crippen LogP contribution < -0.4 is 5.32 Å². The molecular weight excluding hydrogens is 168 g/mol. The van der Waals surface area contributed by atoms with Crippen molar-refractivity contribution in [2.45, 2.75) is 25.5 Å². The molecule has 1 aliphatic rings. The minimum Gasteiger partial charge on any atom is -0.388 e. The molecule has 1 aromatic rings. The Morgan fingerprint density at radius 2 is 2.62 bits per heavy atom. The van der Waals surface area contributed by atoms with Crippen LogP contribution in [0.3, 0.4) is 0 Å². The SMILES string of the molecule is OCc1nncn1C1CCCNC1. The number of aromatic nitrogens is 3. The van der Waals surface area contributed by atoms with Crippen molar-refractivity contribution in [2.75, 3.05) is 13.1 Å². The number of nitrogens with one attached hydrogen (secondary N) is 1. The first-order chi connectivity index (χ1) is 6.42. The Bertz CT molecular complexity index is 267. The summed E-state index contributed by atoms with van der Waals surface area (Å²) < 4.78 is 1.96. The minimum atomic E-state index is -0.0312. The van der Waals surface area contributed by atoms with Gasteiger partial charge in [-0.25, -0.2) is 0 Å². The highest BCUT2D eigenvalue weighted by atomic mass is 16.3. The lowest BCUT2D eigenvalue weighted by Gasteiger charge is -2.24. The maximum atomic E-state index is 8.99. The molecule has 0 aromatic carbocycles. The van der Waals surface area contributed by atoms with E-state index >= 15 is 0 Å². The molecular formula is C8H14N4O. The van der Waals surface area contributed by atoms with Crippen molar-refractivity contribution in [3.63, 3.8) is 0 Å². The zero-order chi connectivity index (χ0) is 9.10. The Balaban J connectivity index is 2.13. The Kier molecular flexibility index (Phi) is 2.56. The maximum Gasteiger partial charge on any atom is 0.158 e. The van der Waals surface area contributed by atoms with Gasteiger partial charge in [-0.15, -0.1) is 10.2 Å². The molecule has 2 heterocycles. The normalized spacial score (nSPS) is 23.3. The summed E-state index contributed by atoms with van der Waals surface area (Å²) in [5, 5.41) is 19.9. The lowest BCUT2D eigenvalue weighted by molar-refractivity contribution is 0.253. The van der Waals surface area contributed by atoms with Gasteiger partial charge in [-0.05, 0) is 19.4 Å². The van der Waals surface area contributed by atoms with Gasteiger partial charge in [-0.2, -0.15) is 0 Å². The predicted molar refractivity (Wildman–Crippen MR) is 47.1 cm³/mol. The summed E-state index contributed by atoms with van der Waals surface area (Å²) in [5.74, 6) is 0.661. The third-order valence-corrected chi connectivity index (χ3v) is 2.45. The van der Waals surface area contributed by atoms with Crippen LogP contribution in [-0.2, 0) is 6.61 Å². The summed E-state index contributed by atoms with van der Waals surface area (Å²) >= 11 is 0. The van der Waals surface area contributed by atoms with Gasteiger partial charge in [-0.1, -0.05) is 0 Å². The van der Waals surface area contributed by atoms with Crippen molar-refractivity contribution < 1.29 is 5.11 Å². The van der Waals surface area contributed by atoms with E-state index in [1.807, 2.05) is 4.57 Å². The van der Waals surface area contributed by atoms with E-state index in [1.165, 1.54) is 6.42 Å². The Hall–Kier alpha value is -0.940. The van der Waals surface area contributed by atoms with Gasteiger partial charge in [0, 0.05) is 12.6 Å². The number of rotatable bonds is 2. The number of hydrogen-bond acceptors (Lipinski definition) is 4. The number of piperidine rings is 1. The number of nitrogens with zero attached hydrogens (tertiary/aromatic N) is 3. The number of aliphatic hydroxyl groups is 1. The molecule has 1 aliphatic heterocycles.